The Morgan fingerprint density at radius 1 is 1.04 bits per heavy atom. The van der Waals surface area contributed by atoms with E-state index in [4.69, 9.17) is 0 Å². The standard InChI is InChI=1S/C17H20F5N5S/c1-11-9-14(27-16(25-11)23-10-24-27)26-15(17(2,3)4)12-5-7-13(8-6-12)28(18,19,20,21)22/h5-10,15,26H,1-4H3. The molecule has 28 heavy (non-hydrogen) atoms. The average Bonchev–Trinajstić information content (AvgIpc) is 2.97. The molecule has 0 fully saturated rings. The Kier molecular flexibility index (Phi) is 4.03. The fourth-order valence-electron chi connectivity index (χ4n) is 2.90. The van der Waals surface area contributed by atoms with E-state index in [9.17, 15) is 19.4 Å². The van der Waals surface area contributed by atoms with Gasteiger partial charge >= 0.3 is 10.2 Å². The summed E-state index contributed by atoms with van der Waals surface area (Å²) in [6, 6.07) is 4.24. The van der Waals surface area contributed by atoms with Crippen LogP contribution in [0.15, 0.2) is 41.6 Å². The van der Waals surface area contributed by atoms with E-state index >= 15 is 0 Å². The largest absolute Gasteiger partial charge is 0.363 e. The Morgan fingerprint density at radius 2 is 1.64 bits per heavy atom. The van der Waals surface area contributed by atoms with Gasteiger partial charge in [-0.05, 0) is 30.0 Å². The van der Waals surface area contributed by atoms with Gasteiger partial charge in [-0.1, -0.05) is 52.3 Å². The lowest BCUT2D eigenvalue weighted by Gasteiger charge is -2.41. The van der Waals surface area contributed by atoms with Crippen molar-refractivity contribution in [3.05, 3.63) is 47.9 Å². The SMILES string of the molecule is Cc1cc(NC(c2ccc(S(F)(F)(F)(F)F)cc2)C(C)(C)C)n2ncnc2n1. The van der Waals surface area contributed by atoms with Gasteiger partial charge < -0.3 is 5.32 Å². The molecule has 0 aliphatic rings. The first-order valence-corrected chi connectivity index (χ1v) is 10.3. The molecule has 3 aromatic rings. The van der Waals surface area contributed by atoms with Crippen molar-refractivity contribution in [3.8, 4) is 0 Å². The van der Waals surface area contributed by atoms with Crippen LogP contribution in [0, 0.1) is 12.3 Å². The highest BCUT2D eigenvalue weighted by atomic mass is 32.5. The molecule has 0 aliphatic carbocycles. The molecular weight excluding hydrogens is 401 g/mol. The van der Waals surface area contributed by atoms with Crippen molar-refractivity contribution < 1.29 is 19.4 Å². The van der Waals surface area contributed by atoms with E-state index in [2.05, 4.69) is 20.4 Å². The zero-order valence-electron chi connectivity index (χ0n) is 15.6. The topological polar surface area (TPSA) is 55.1 Å². The fraction of sp³-hybridized carbons (Fsp3) is 0.353. The van der Waals surface area contributed by atoms with Crippen LogP contribution < -0.4 is 5.32 Å². The van der Waals surface area contributed by atoms with E-state index in [0.29, 0.717) is 35.0 Å². The molecule has 0 bridgehead atoms. The van der Waals surface area contributed by atoms with Gasteiger partial charge in [0.05, 0.1) is 6.04 Å². The molecule has 3 rings (SSSR count). The predicted molar refractivity (Wildman–Crippen MR) is 99.2 cm³/mol. The first kappa shape index (κ1) is 20.3. The van der Waals surface area contributed by atoms with Crippen LogP contribution in [0.5, 0.6) is 0 Å². The lowest BCUT2D eigenvalue weighted by Crippen LogP contribution is -2.27. The normalized spacial score (nSPS) is 16.5. The van der Waals surface area contributed by atoms with Gasteiger partial charge in [0.1, 0.15) is 17.0 Å². The summed E-state index contributed by atoms with van der Waals surface area (Å²) in [5, 5.41) is 7.33. The second-order valence-corrected chi connectivity index (χ2v) is 10.1. The minimum absolute atomic E-state index is 0.367. The minimum Gasteiger partial charge on any atom is -0.363 e. The van der Waals surface area contributed by atoms with Gasteiger partial charge in [0.2, 0.25) is 0 Å². The van der Waals surface area contributed by atoms with E-state index in [0.717, 1.165) is 12.1 Å². The van der Waals surface area contributed by atoms with Crippen LogP contribution in [0.3, 0.4) is 0 Å². The molecule has 1 atom stereocenters. The molecule has 11 heteroatoms. The molecule has 0 spiro atoms. The molecule has 0 aliphatic heterocycles. The number of rotatable bonds is 4. The highest BCUT2D eigenvalue weighted by Gasteiger charge is 2.65. The van der Waals surface area contributed by atoms with Crippen LogP contribution in [0.2, 0.25) is 0 Å². The monoisotopic (exact) mass is 421 g/mol. The second kappa shape index (κ2) is 5.56. The Hall–Kier alpha value is -2.43. The molecule has 0 amide bonds. The van der Waals surface area contributed by atoms with Gasteiger partial charge in [0.25, 0.3) is 5.78 Å². The number of hydrogen-bond donors (Lipinski definition) is 1. The number of fused-ring (bicyclic) bond motifs is 1. The summed E-state index contributed by atoms with van der Waals surface area (Å²) in [4.78, 5) is 6.36. The predicted octanol–water partition coefficient (Wildman–Crippen LogP) is 6.29. The highest BCUT2D eigenvalue weighted by molar-refractivity contribution is 8.45. The van der Waals surface area contributed by atoms with Gasteiger partial charge in [-0.2, -0.15) is 14.6 Å². The molecular formula is C17H20F5N5S. The van der Waals surface area contributed by atoms with Gasteiger partial charge in [-0.15, -0.1) is 0 Å². The molecule has 1 aromatic carbocycles. The van der Waals surface area contributed by atoms with Crippen molar-refractivity contribution in [1.82, 2.24) is 19.6 Å². The molecule has 0 saturated heterocycles. The van der Waals surface area contributed by atoms with Crippen molar-refractivity contribution in [2.75, 3.05) is 5.32 Å². The van der Waals surface area contributed by atoms with Crippen LogP contribution in [0.4, 0.5) is 25.2 Å². The second-order valence-electron chi connectivity index (χ2n) is 7.74. The number of anilines is 1. The lowest BCUT2D eigenvalue weighted by molar-refractivity contribution is 0.346. The van der Waals surface area contributed by atoms with Crippen molar-refractivity contribution >= 4 is 21.8 Å². The van der Waals surface area contributed by atoms with E-state index < -0.39 is 26.6 Å². The summed E-state index contributed by atoms with van der Waals surface area (Å²) in [7, 11) is -9.71. The Bertz CT molecular complexity index is 1020. The lowest BCUT2D eigenvalue weighted by atomic mass is 9.82. The quantitative estimate of drug-likeness (QED) is 0.503. The van der Waals surface area contributed by atoms with Crippen LogP contribution >= 0.6 is 10.2 Å². The van der Waals surface area contributed by atoms with Crippen molar-refractivity contribution in [2.24, 2.45) is 5.41 Å². The number of benzene rings is 1. The van der Waals surface area contributed by atoms with E-state index in [-0.39, 0.29) is 0 Å². The van der Waals surface area contributed by atoms with Gasteiger partial charge in [-0.25, -0.2) is 4.98 Å². The Morgan fingerprint density at radius 3 is 2.18 bits per heavy atom. The average molecular weight is 421 g/mol. The third kappa shape index (κ3) is 4.18. The van der Waals surface area contributed by atoms with Gasteiger partial charge in [-0.3, -0.25) is 0 Å². The van der Waals surface area contributed by atoms with E-state index in [1.165, 1.54) is 10.8 Å². The number of nitrogens with one attached hydrogen (secondary N) is 1. The number of hydrogen-bond acceptors (Lipinski definition) is 4. The molecule has 5 nitrogen and oxygen atoms in total. The molecule has 0 radical (unpaired) electrons. The first-order chi connectivity index (χ1) is 12.5. The molecule has 2 heterocycles. The third-order valence-corrected chi connectivity index (χ3v) is 5.36. The Balaban J connectivity index is 2.04. The summed E-state index contributed by atoms with van der Waals surface area (Å²) in [5.41, 5.74) is 0.646. The maximum absolute atomic E-state index is 13.0. The van der Waals surface area contributed by atoms with Crippen molar-refractivity contribution in [3.63, 3.8) is 0 Å². The third-order valence-electron chi connectivity index (χ3n) is 4.20. The number of halogens is 5. The van der Waals surface area contributed by atoms with Crippen molar-refractivity contribution in [2.45, 2.75) is 38.6 Å². The summed E-state index contributed by atoms with van der Waals surface area (Å²) >= 11 is 0. The minimum atomic E-state index is -9.71. The number of aryl methyl sites for hydroxylation is 1. The Labute approximate surface area is 158 Å². The molecule has 0 saturated carbocycles. The first-order valence-electron chi connectivity index (χ1n) is 8.32. The summed E-state index contributed by atoms with van der Waals surface area (Å²) in [6.45, 7) is 7.43. The summed E-state index contributed by atoms with van der Waals surface area (Å²) in [6.07, 6.45) is 1.34. The zero-order chi connectivity index (χ0) is 21.0. The van der Waals surface area contributed by atoms with Crippen molar-refractivity contribution in [1.29, 1.82) is 0 Å². The molecule has 1 unspecified atom stereocenters. The maximum Gasteiger partial charge on any atom is 0.310 e. The highest BCUT2D eigenvalue weighted by Crippen LogP contribution is 3.02. The van der Waals surface area contributed by atoms with E-state index in [1.54, 1.807) is 13.0 Å². The van der Waals surface area contributed by atoms with Gasteiger partial charge in [0.15, 0.2) is 0 Å². The number of nitrogens with zero attached hydrogens (tertiary/aromatic N) is 4. The molecule has 2 aromatic heterocycles. The zero-order valence-corrected chi connectivity index (χ0v) is 16.4. The molecule has 154 valence electrons. The summed E-state index contributed by atoms with van der Waals surface area (Å²) in [5.74, 6) is 0.906. The molecule has 1 N–H and O–H groups in total. The van der Waals surface area contributed by atoms with Crippen LogP contribution in [-0.4, -0.2) is 19.6 Å². The van der Waals surface area contributed by atoms with Crippen LogP contribution in [0.25, 0.3) is 5.78 Å². The van der Waals surface area contributed by atoms with Gasteiger partial charge in [0, 0.05) is 11.8 Å². The van der Waals surface area contributed by atoms with Crippen LogP contribution in [0.1, 0.15) is 38.1 Å². The van der Waals surface area contributed by atoms with Crippen LogP contribution in [-0.2, 0) is 0 Å². The van der Waals surface area contributed by atoms with E-state index in [1.807, 2.05) is 20.8 Å². The summed E-state index contributed by atoms with van der Waals surface area (Å²) < 4.78 is 66.5. The number of aromatic nitrogens is 4. The maximum atomic E-state index is 13.0. The fourth-order valence-corrected chi connectivity index (χ4v) is 3.55. The smallest absolute Gasteiger partial charge is 0.310 e.